The molecule has 1 N–H and O–H groups in total. The first-order valence-corrected chi connectivity index (χ1v) is 6.98. The average molecular weight is 308 g/mol. The average Bonchev–Trinajstić information content (AvgIpc) is 2.41. The summed E-state index contributed by atoms with van der Waals surface area (Å²) < 4.78 is 0. The second kappa shape index (κ2) is 7.53. The Morgan fingerprint density at radius 3 is 2.45 bits per heavy atom. The highest BCUT2D eigenvalue weighted by molar-refractivity contribution is 5.95. The van der Waals surface area contributed by atoms with E-state index in [0.29, 0.717) is 17.7 Å². The number of nitro benzene ring substituents is 1. The first kappa shape index (κ1) is 17.6. The predicted molar refractivity (Wildman–Crippen MR) is 80.8 cm³/mol. The molecule has 0 saturated carbocycles. The number of hydrogen-bond acceptors (Lipinski definition) is 4. The summed E-state index contributed by atoms with van der Waals surface area (Å²) in [5.41, 5.74) is 0.685. The van der Waals surface area contributed by atoms with Gasteiger partial charge in [0.25, 0.3) is 11.6 Å². The zero-order valence-corrected chi connectivity index (χ0v) is 12.9. The zero-order chi connectivity index (χ0) is 16.9. The van der Waals surface area contributed by atoms with Gasteiger partial charge >= 0.3 is 5.97 Å². The van der Waals surface area contributed by atoms with Gasteiger partial charge in [0.1, 0.15) is 0 Å². The van der Waals surface area contributed by atoms with Crippen LogP contribution in [0.15, 0.2) is 18.2 Å². The summed E-state index contributed by atoms with van der Waals surface area (Å²) in [5.74, 6) is -1.09. The van der Waals surface area contributed by atoms with E-state index in [1.54, 1.807) is 6.92 Å². The Labute approximate surface area is 128 Å². The normalized spacial score (nSPS) is 10.5. The van der Waals surface area contributed by atoms with Crippen LogP contribution in [0.25, 0.3) is 0 Å². The largest absolute Gasteiger partial charge is 0.481 e. The summed E-state index contributed by atoms with van der Waals surface area (Å²) in [6.45, 7) is 5.98. The number of amides is 1. The van der Waals surface area contributed by atoms with Crippen LogP contribution >= 0.6 is 0 Å². The number of aliphatic carboxylic acids is 1. The van der Waals surface area contributed by atoms with Crippen LogP contribution in [0.4, 0.5) is 5.69 Å². The Balaban J connectivity index is 2.99. The van der Waals surface area contributed by atoms with Crippen molar-refractivity contribution in [1.82, 2.24) is 4.90 Å². The van der Waals surface area contributed by atoms with Crippen molar-refractivity contribution in [3.63, 3.8) is 0 Å². The standard InChI is InChI=1S/C15H20N2O5/c1-10(2)9-16(7-6-14(18)19)15(20)12-4-5-13(17(21)22)11(3)8-12/h4-5,8,10H,6-7,9H2,1-3H3,(H,18,19). The number of hydrogen-bond donors (Lipinski definition) is 1. The van der Waals surface area contributed by atoms with E-state index in [2.05, 4.69) is 0 Å². The van der Waals surface area contributed by atoms with Gasteiger partial charge in [-0.3, -0.25) is 19.7 Å². The van der Waals surface area contributed by atoms with E-state index in [4.69, 9.17) is 5.11 Å². The summed E-state index contributed by atoms with van der Waals surface area (Å²) in [6, 6.07) is 4.17. The number of carbonyl (C=O) groups excluding carboxylic acids is 1. The van der Waals surface area contributed by atoms with Gasteiger partial charge < -0.3 is 10.0 Å². The fourth-order valence-electron chi connectivity index (χ4n) is 2.12. The maximum absolute atomic E-state index is 12.5. The molecule has 0 saturated heterocycles. The number of nitro groups is 1. The molecule has 0 heterocycles. The second-order valence-electron chi connectivity index (χ2n) is 5.55. The van der Waals surface area contributed by atoms with Crippen LogP contribution in [0.2, 0.25) is 0 Å². The molecule has 7 heteroatoms. The van der Waals surface area contributed by atoms with Crippen LogP contribution in [-0.2, 0) is 4.79 Å². The van der Waals surface area contributed by atoms with Gasteiger partial charge in [-0.15, -0.1) is 0 Å². The molecule has 0 radical (unpaired) electrons. The lowest BCUT2D eigenvalue weighted by Crippen LogP contribution is -2.36. The highest BCUT2D eigenvalue weighted by Crippen LogP contribution is 2.20. The molecule has 1 aromatic rings. The Kier molecular flexibility index (Phi) is 6.03. The highest BCUT2D eigenvalue weighted by atomic mass is 16.6. The van der Waals surface area contributed by atoms with E-state index in [9.17, 15) is 19.7 Å². The highest BCUT2D eigenvalue weighted by Gasteiger charge is 2.20. The maximum Gasteiger partial charge on any atom is 0.305 e. The summed E-state index contributed by atoms with van der Waals surface area (Å²) in [6.07, 6.45) is -0.135. The number of nitrogens with zero attached hydrogens (tertiary/aromatic N) is 2. The van der Waals surface area contributed by atoms with Crippen molar-refractivity contribution in [2.75, 3.05) is 13.1 Å². The second-order valence-corrected chi connectivity index (χ2v) is 5.55. The van der Waals surface area contributed by atoms with E-state index < -0.39 is 10.9 Å². The predicted octanol–water partition coefficient (Wildman–Crippen LogP) is 2.48. The van der Waals surface area contributed by atoms with Gasteiger partial charge in [0.05, 0.1) is 11.3 Å². The van der Waals surface area contributed by atoms with Crippen molar-refractivity contribution in [3.05, 3.63) is 39.4 Å². The first-order valence-electron chi connectivity index (χ1n) is 6.98. The van der Waals surface area contributed by atoms with E-state index in [-0.39, 0.29) is 30.5 Å². The molecule has 1 aromatic carbocycles. The number of rotatable bonds is 7. The van der Waals surface area contributed by atoms with Gasteiger partial charge in [0.15, 0.2) is 0 Å². The number of carbonyl (C=O) groups is 2. The molecule has 1 rings (SSSR count). The molecule has 0 fully saturated rings. The lowest BCUT2D eigenvalue weighted by Gasteiger charge is -2.24. The van der Waals surface area contributed by atoms with Gasteiger partial charge in [-0.05, 0) is 25.0 Å². The van der Waals surface area contributed by atoms with Gasteiger partial charge in [-0.25, -0.2) is 0 Å². The van der Waals surface area contributed by atoms with Crippen LogP contribution in [0.5, 0.6) is 0 Å². The molecule has 0 unspecified atom stereocenters. The molecule has 1 amide bonds. The number of aryl methyl sites for hydroxylation is 1. The summed E-state index contributed by atoms with van der Waals surface area (Å²) in [4.78, 5) is 35.0. The van der Waals surface area contributed by atoms with E-state index in [1.165, 1.54) is 23.1 Å². The van der Waals surface area contributed by atoms with Crippen molar-refractivity contribution in [1.29, 1.82) is 0 Å². The fraction of sp³-hybridized carbons (Fsp3) is 0.467. The van der Waals surface area contributed by atoms with E-state index in [0.717, 1.165) is 0 Å². The number of benzene rings is 1. The Morgan fingerprint density at radius 1 is 1.36 bits per heavy atom. The molecule has 120 valence electrons. The quantitative estimate of drug-likeness (QED) is 0.616. The molecule has 0 spiro atoms. The molecule has 0 aliphatic carbocycles. The minimum atomic E-state index is -0.971. The molecular formula is C15H20N2O5. The SMILES string of the molecule is Cc1cc(C(=O)N(CCC(=O)O)CC(C)C)ccc1[N+](=O)[O-]. The topological polar surface area (TPSA) is 101 Å². The molecule has 0 aliphatic heterocycles. The molecule has 0 aromatic heterocycles. The third-order valence-corrected chi connectivity index (χ3v) is 3.11. The molecule has 0 aliphatic rings. The Hall–Kier alpha value is -2.44. The van der Waals surface area contributed by atoms with Crippen molar-refractivity contribution in [3.8, 4) is 0 Å². The lowest BCUT2D eigenvalue weighted by molar-refractivity contribution is -0.385. The Bertz CT molecular complexity index is 583. The number of carboxylic acid groups (broad SMARTS) is 1. The molecule has 22 heavy (non-hydrogen) atoms. The van der Waals surface area contributed by atoms with Crippen LogP contribution < -0.4 is 0 Å². The Morgan fingerprint density at radius 2 is 2.00 bits per heavy atom. The molecule has 0 atom stereocenters. The van der Waals surface area contributed by atoms with Crippen LogP contribution in [0, 0.1) is 23.0 Å². The smallest absolute Gasteiger partial charge is 0.305 e. The minimum Gasteiger partial charge on any atom is -0.481 e. The van der Waals surface area contributed by atoms with E-state index >= 15 is 0 Å². The van der Waals surface area contributed by atoms with Gasteiger partial charge in [0, 0.05) is 30.3 Å². The lowest BCUT2D eigenvalue weighted by atomic mass is 10.1. The molecule has 7 nitrogen and oxygen atoms in total. The number of carboxylic acids is 1. The van der Waals surface area contributed by atoms with Crippen molar-refractivity contribution in [2.45, 2.75) is 27.2 Å². The first-order chi connectivity index (χ1) is 10.2. The van der Waals surface area contributed by atoms with E-state index in [1.807, 2.05) is 13.8 Å². The van der Waals surface area contributed by atoms with Gasteiger partial charge in [-0.2, -0.15) is 0 Å². The van der Waals surface area contributed by atoms with Gasteiger partial charge in [-0.1, -0.05) is 13.8 Å². The van der Waals surface area contributed by atoms with Crippen molar-refractivity contribution in [2.24, 2.45) is 5.92 Å². The third kappa shape index (κ3) is 4.83. The third-order valence-electron chi connectivity index (χ3n) is 3.11. The zero-order valence-electron chi connectivity index (χ0n) is 12.9. The van der Waals surface area contributed by atoms with Gasteiger partial charge in [0.2, 0.25) is 0 Å². The van der Waals surface area contributed by atoms with Crippen molar-refractivity contribution < 1.29 is 19.6 Å². The van der Waals surface area contributed by atoms with Crippen LogP contribution in [0.3, 0.4) is 0 Å². The van der Waals surface area contributed by atoms with Crippen LogP contribution in [0.1, 0.15) is 36.2 Å². The maximum atomic E-state index is 12.5. The summed E-state index contributed by atoms with van der Waals surface area (Å²) in [7, 11) is 0. The minimum absolute atomic E-state index is 0.0440. The summed E-state index contributed by atoms with van der Waals surface area (Å²) in [5, 5.41) is 19.6. The monoisotopic (exact) mass is 308 g/mol. The summed E-state index contributed by atoms with van der Waals surface area (Å²) >= 11 is 0. The molecule has 0 bridgehead atoms. The van der Waals surface area contributed by atoms with Crippen molar-refractivity contribution >= 4 is 17.6 Å². The van der Waals surface area contributed by atoms with Crippen LogP contribution in [-0.4, -0.2) is 39.9 Å². The molecular weight excluding hydrogens is 288 g/mol. The fourth-order valence-corrected chi connectivity index (χ4v) is 2.12.